The van der Waals surface area contributed by atoms with E-state index in [2.05, 4.69) is 121 Å². The van der Waals surface area contributed by atoms with Crippen LogP contribution in [0, 0.1) is 0 Å². The fraction of sp³-hybridized carbons (Fsp3) is 0.0769. The van der Waals surface area contributed by atoms with E-state index in [1.54, 1.807) is 0 Å². The molecular weight excluding hydrogens is 387 g/mol. The first kappa shape index (κ1) is 17.8. The van der Waals surface area contributed by atoms with E-state index in [0.29, 0.717) is 4.71 Å². The van der Waals surface area contributed by atoms with E-state index in [1.807, 2.05) is 0 Å². The van der Waals surface area contributed by atoms with Gasteiger partial charge in [-0.25, -0.2) is 0 Å². The Balaban J connectivity index is 1.83. The van der Waals surface area contributed by atoms with Gasteiger partial charge in [0.1, 0.15) is 0 Å². The minimum atomic E-state index is -1.55. The molecule has 132 valence electrons. The molecule has 0 fully saturated rings. The number of hydrogen-bond acceptors (Lipinski definition) is 0. The van der Waals surface area contributed by atoms with Gasteiger partial charge in [-0.05, 0) is 0 Å². The first-order valence-electron chi connectivity index (χ1n) is 9.40. The number of hydrogen-bond donors (Lipinski definition) is 0. The van der Waals surface area contributed by atoms with Gasteiger partial charge >= 0.3 is 167 Å². The summed E-state index contributed by atoms with van der Waals surface area (Å²) in [6, 6.07) is 44.3. The first-order valence-corrected chi connectivity index (χ1v) is 12.4. The second-order valence-corrected chi connectivity index (χ2v) is 11.7. The van der Waals surface area contributed by atoms with Gasteiger partial charge in [0, 0.05) is 0 Å². The van der Waals surface area contributed by atoms with Crippen molar-refractivity contribution in [3.8, 4) is 0 Å². The zero-order valence-corrected chi connectivity index (χ0v) is 17.2. The molecule has 1 heteroatoms. The van der Waals surface area contributed by atoms with E-state index in [1.165, 1.54) is 19.8 Å². The molecule has 0 aliphatic carbocycles. The fourth-order valence-electron chi connectivity index (χ4n) is 3.56. The van der Waals surface area contributed by atoms with Crippen LogP contribution in [0.2, 0.25) is 0 Å². The summed E-state index contributed by atoms with van der Waals surface area (Å²) < 4.78 is 3.55. The van der Waals surface area contributed by atoms with Crippen molar-refractivity contribution < 1.29 is 0 Å². The van der Waals surface area contributed by atoms with E-state index >= 15 is 0 Å². The van der Waals surface area contributed by atoms with Gasteiger partial charge in [0.05, 0.1) is 0 Å². The third kappa shape index (κ3) is 4.41. The van der Waals surface area contributed by atoms with E-state index in [0.717, 1.165) is 6.42 Å². The maximum absolute atomic E-state index is 2.33. The Morgan fingerprint density at radius 1 is 0.481 bits per heavy atom. The van der Waals surface area contributed by atoms with E-state index in [4.69, 9.17) is 0 Å². The summed E-state index contributed by atoms with van der Waals surface area (Å²) >= 11 is -1.55. The van der Waals surface area contributed by atoms with Gasteiger partial charge in [0.15, 0.2) is 0 Å². The van der Waals surface area contributed by atoms with Crippen molar-refractivity contribution in [3.63, 3.8) is 0 Å². The van der Waals surface area contributed by atoms with Gasteiger partial charge in [-0.1, -0.05) is 0 Å². The summed E-state index contributed by atoms with van der Waals surface area (Å²) in [5.41, 5.74) is 2.87. The molecule has 0 saturated carbocycles. The van der Waals surface area contributed by atoms with Crippen LogP contribution in [-0.2, 0) is 6.42 Å². The Bertz CT molecular complexity index is 895. The Hall–Kier alpha value is -2.56. The molecule has 0 bridgehead atoms. The average molecular weight is 410 g/mol. The van der Waals surface area contributed by atoms with Gasteiger partial charge in [0.2, 0.25) is 0 Å². The molecule has 0 spiro atoms. The summed E-state index contributed by atoms with van der Waals surface area (Å²) in [7, 11) is 0. The molecule has 0 aliphatic heterocycles. The van der Waals surface area contributed by atoms with Crippen molar-refractivity contribution in [1.29, 1.82) is 0 Å². The standard InChI is InChI=1S/C26H23As/c1-5-13-22(14-6-1)21-26(23-15-7-2-8-16-23)27(24-17-9-3-10-18-24)25-19-11-4-12-20-25/h1-20,26H,21H2. The molecule has 1 unspecified atom stereocenters. The van der Waals surface area contributed by atoms with Crippen molar-refractivity contribution in [2.45, 2.75) is 11.1 Å². The van der Waals surface area contributed by atoms with Crippen LogP contribution in [0.25, 0.3) is 0 Å². The summed E-state index contributed by atoms with van der Waals surface area (Å²) in [5.74, 6) is 0. The molecule has 27 heavy (non-hydrogen) atoms. The van der Waals surface area contributed by atoms with Crippen LogP contribution in [0.1, 0.15) is 15.8 Å². The summed E-state index contributed by atoms with van der Waals surface area (Å²) in [5, 5.41) is 0. The van der Waals surface area contributed by atoms with Crippen LogP contribution in [-0.4, -0.2) is 14.7 Å². The van der Waals surface area contributed by atoms with Gasteiger partial charge in [-0.2, -0.15) is 0 Å². The molecule has 0 N–H and O–H groups in total. The SMILES string of the molecule is c1ccc(CC(c2ccccc2)[As](c2ccccc2)c2ccccc2)cc1. The minimum absolute atomic E-state index is 0.519. The molecule has 0 heterocycles. The van der Waals surface area contributed by atoms with Gasteiger partial charge in [-0.15, -0.1) is 0 Å². The summed E-state index contributed by atoms with van der Waals surface area (Å²) in [4.78, 5) is 0. The molecular formula is C26H23As. The van der Waals surface area contributed by atoms with Crippen LogP contribution >= 0.6 is 0 Å². The van der Waals surface area contributed by atoms with E-state index in [9.17, 15) is 0 Å². The number of rotatable bonds is 6. The Kier molecular flexibility index (Phi) is 5.87. The predicted octanol–water partition coefficient (Wildman–Crippen LogP) is 4.86. The van der Waals surface area contributed by atoms with E-state index in [-0.39, 0.29) is 0 Å². The molecule has 0 saturated heterocycles. The molecule has 4 rings (SSSR count). The summed E-state index contributed by atoms with van der Waals surface area (Å²) in [6.07, 6.45) is 1.08. The second-order valence-electron chi connectivity index (χ2n) is 6.66. The van der Waals surface area contributed by atoms with Gasteiger partial charge in [-0.3, -0.25) is 0 Å². The summed E-state index contributed by atoms with van der Waals surface area (Å²) in [6.45, 7) is 0. The van der Waals surface area contributed by atoms with Crippen LogP contribution in [0.15, 0.2) is 121 Å². The van der Waals surface area contributed by atoms with Gasteiger partial charge in [0.25, 0.3) is 0 Å². The first-order chi connectivity index (χ1) is 13.4. The van der Waals surface area contributed by atoms with Crippen LogP contribution in [0.4, 0.5) is 0 Å². The molecule has 0 aromatic heterocycles. The Labute approximate surface area is 166 Å². The third-order valence-corrected chi connectivity index (χ3v) is 10.7. The zero-order chi connectivity index (χ0) is 18.3. The number of benzene rings is 4. The monoisotopic (exact) mass is 410 g/mol. The topological polar surface area (TPSA) is 0 Å². The molecule has 4 aromatic rings. The second kappa shape index (κ2) is 8.89. The fourth-order valence-corrected chi connectivity index (χ4v) is 9.57. The Morgan fingerprint density at radius 2 is 0.889 bits per heavy atom. The third-order valence-electron chi connectivity index (χ3n) is 4.84. The van der Waals surface area contributed by atoms with Crippen LogP contribution < -0.4 is 8.70 Å². The molecule has 4 aromatic carbocycles. The maximum atomic E-state index is 2.33. The normalized spacial score (nSPS) is 12.0. The van der Waals surface area contributed by atoms with Crippen LogP contribution in [0.3, 0.4) is 0 Å². The van der Waals surface area contributed by atoms with E-state index < -0.39 is 14.7 Å². The molecule has 0 amide bonds. The average Bonchev–Trinajstić information content (AvgIpc) is 2.76. The predicted molar refractivity (Wildman–Crippen MR) is 117 cm³/mol. The molecule has 0 radical (unpaired) electrons. The molecule has 0 aliphatic rings. The quantitative estimate of drug-likeness (QED) is 0.398. The van der Waals surface area contributed by atoms with Crippen molar-refractivity contribution in [2.75, 3.05) is 0 Å². The van der Waals surface area contributed by atoms with Crippen LogP contribution in [0.5, 0.6) is 0 Å². The Morgan fingerprint density at radius 3 is 1.37 bits per heavy atom. The van der Waals surface area contributed by atoms with Crippen molar-refractivity contribution in [1.82, 2.24) is 0 Å². The molecule has 1 atom stereocenters. The van der Waals surface area contributed by atoms with Crippen molar-refractivity contribution in [2.24, 2.45) is 0 Å². The van der Waals surface area contributed by atoms with Gasteiger partial charge < -0.3 is 0 Å². The van der Waals surface area contributed by atoms with Crippen molar-refractivity contribution in [3.05, 3.63) is 132 Å². The molecule has 0 nitrogen and oxygen atoms in total. The zero-order valence-electron chi connectivity index (χ0n) is 15.3. The van der Waals surface area contributed by atoms with Crippen molar-refractivity contribution >= 4 is 23.4 Å².